The average Bonchev–Trinajstić information content (AvgIpc) is 2.73. The molecule has 0 bridgehead atoms. The van der Waals surface area contributed by atoms with E-state index in [1.165, 1.54) is 0 Å². The van der Waals surface area contributed by atoms with Crippen molar-refractivity contribution in [1.29, 1.82) is 0 Å². The molecule has 0 atom stereocenters. The van der Waals surface area contributed by atoms with Crippen molar-refractivity contribution in [3.63, 3.8) is 0 Å². The Bertz CT molecular complexity index is 505. The molecule has 1 aliphatic heterocycles. The molecule has 2 aromatic rings. The molecular formula is C12H12BrN3O. The first-order valence-corrected chi connectivity index (χ1v) is 6.28. The first-order valence-electron chi connectivity index (χ1n) is 5.49. The summed E-state index contributed by atoms with van der Waals surface area (Å²) in [6, 6.07) is 8.00. The normalized spacial score (nSPS) is 15.6. The van der Waals surface area contributed by atoms with Crippen LogP contribution in [0.15, 0.2) is 41.1 Å². The number of nitrogens with zero attached hydrogens (tertiary/aromatic N) is 2. The SMILES string of the molecule is Brc1ccc(-n2cc(OC3CNC3)cn2)cc1. The number of rotatable bonds is 3. The second-order valence-electron chi connectivity index (χ2n) is 4.00. The van der Waals surface area contributed by atoms with Crippen LogP contribution in [0.4, 0.5) is 0 Å². The van der Waals surface area contributed by atoms with Crippen molar-refractivity contribution in [3.05, 3.63) is 41.1 Å². The highest BCUT2D eigenvalue weighted by molar-refractivity contribution is 9.10. The van der Waals surface area contributed by atoms with E-state index in [2.05, 4.69) is 26.3 Å². The summed E-state index contributed by atoms with van der Waals surface area (Å²) in [5, 5.41) is 7.45. The van der Waals surface area contributed by atoms with Crippen LogP contribution in [0.2, 0.25) is 0 Å². The van der Waals surface area contributed by atoms with Crippen LogP contribution in [0.3, 0.4) is 0 Å². The van der Waals surface area contributed by atoms with Gasteiger partial charge in [-0.3, -0.25) is 0 Å². The molecule has 0 amide bonds. The monoisotopic (exact) mass is 293 g/mol. The number of hydrogen-bond acceptors (Lipinski definition) is 3. The number of aromatic nitrogens is 2. The fraction of sp³-hybridized carbons (Fsp3) is 0.250. The van der Waals surface area contributed by atoms with Gasteiger partial charge in [0.15, 0.2) is 5.75 Å². The molecule has 1 aromatic carbocycles. The number of benzene rings is 1. The third kappa shape index (κ3) is 2.35. The van der Waals surface area contributed by atoms with Gasteiger partial charge >= 0.3 is 0 Å². The minimum absolute atomic E-state index is 0.289. The smallest absolute Gasteiger partial charge is 0.158 e. The van der Waals surface area contributed by atoms with Crippen LogP contribution in [0.5, 0.6) is 5.75 Å². The van der Waals surface area contributed by atoms with Crippen molar-refractivity contribution < 1.29 is 4.74 Å². The molecule has 88 valence electrons. The maximum atomic E-state index is 5.72. The Kier molecular flexibility index (Phi) is 2.86. The average molecular weight is 294 g/mol. The van der Waals surface area contributed by atoms with Crippen LogP contribution < -0.4 is 10.1 Å². The number of halogens is 1. The summed E-state index contributed by atoms with van der Waals surface area (Å²) in [5.74, 6) is 0.819. The largest absolute Gasteiger partial charge is 0.484 e. The molecule has 1 saturated heterocycles. The number of nitrogens with one attached hydrogen (secondary N) is 1. The van der Waals surface area contributed by atoms with E-state index in [-0.39, 0.29) is 6.10 Å². The summed E-state index contributed by atoms with van der Waals surface area (Å²) in [6.45, 7) is 1.84. The second kappa shape index (κ2) is 4.50. The van der Waals surface area contributed by atoms with E-state index in [9.17, 15) is 0 Å². The van der Waals surface area contributed by atoms with Crippen LogP contribution >= 0.6 is 15.9 Å². The highest BCUT2D eigenvalue weighted by atomic mass is 79.9. The van der Waals surface area contributed by atoms with Crippen LogP contribution in [-0.4, -0.2) is 29.0 Å². The molecule has 1 fully saturated rings. The van der Waals surface area contributed by atoms with E-state index in [4.69, 9.17) is 4.74 Å². The molecule has 0 saturated carbocycles. The quantitative estimate of drug-likeness (QED) is 0.941. The Hall–Kier alpha value is -1.33. The third-order valence-corrected chi connectivity index (χ3v) is 3.23. The summed E-state index contributed by atoms with van der Waals surface area (Å²) in [5.41, 5.74) is 1.02. The van der Waals surface area contributed by atoms with Gasteiger partial charge in [0.1, 0.15) is 6.10 Å². The Labute approximate surface area is 108 Å². The van der Waals surface area contributed by atoms with Gasteiger partial charge < -0.3 is 10.1 Å². The minimum atomic E-state index is 0.289. The Morgan fingerprint density at radius 1 is 1.29 bits per heavy atom. The first-order chi connectivity index (χ1) is 8.31. The minimum Gasteiger partial charge on any atom is -0.484 e. The van der Waals surface area contributed by atoms with Gasteiger partial charge in [-0.2, -0.15) is 5.10 Å². The molecule has 4 nitrogen and oxygen atoms in total. The summed E-state index contributed by atoms with van der Waals surface area (Å²) in [7, 11) is 0. The molecule has 2 heterocycles. The summed E-state index contributed by atoms with van der Waals surface area (Å²) < 4.78 is 8.60. The Morgan fingerprint density at radius 2 is 2.06 bits per heavy atom. The summed E-state index contributed by atoms with van der Waals surface area (Å²) in [6.07, 6.45) is 3.94. The Morgan fingerprint density at radius 3 is 2.71 bits per heavy atom. The van der Waals surface area contributed by atoms with E-state index in [0.29, 0.717) is 0 Å². The third-order valence-electron chi connectivity index (χ3n) is 2.70. The molecule has 3 rings (SSSR count). The number of hydrogen-bond donors (Lipinski definition) is 1. The van der Waals surface area contributed by atoms with Crippen molar-refractivity contribution in [2.75, 3.05) is 13.1 Å². The highest BCUT2D eigenvalue weighted by Crippen LogP contribution is 2.17. The fourth-order valence-corrected chi connectivity index (χ4v) is 1.90. The van der Waals surface area contributed by atoms with Crippen molar-refractivity contribution in [3.8, 4) is 11.4 Å². The molecule has 17 heavy (non-hydrogen) atoms. The van der Waals surface area contributed by atoms with E-state index in [1.54, 1.807) is 6.20 Å². The predicted molar refractivity (Wildman–Crippen MR) is 68.5 cm³/mol. The first kappa shape index (κ1) is 10.8. The van der Waals surface area contributed by atoms with E-state index in [1.807, 2.05) is 35.1 Å². The lowest BCUT2D eigenvalue weighted by molar-refractivity contribution is 0.142. The maximum Gasteiger partial charge on any atom is 0.158 e. The van der Waals surface area contributed by atoms with Crippen LogP contribution in [0.1, 0.15) is 0 Å². The van der Waals surface area contributed by atoms with Crippen molar-refractivity contribution in [2.24, 2.45) is 0 Å². The maximum absolute atomic E-state index is 5.72. The molecule has 0 spiro atoms. The zero-order chi connectivity index (χ0) is 11.7. The lowest BCUT2D eigenvalue weighted by Gasteiger charge is -2.26. The molecule has 1 N–H and O–H groups in total. The van der Waals surface area contributed by atoms with E-state index < -0.39 is 0 Å². The van der Waals surface area contributed by atoms with Gasteiger partial charge in [0, 0.05) is 17.6 Å². The van der Waals surface area contributed by atoms with Gasteiger partial charge in [-0.1, -0.05) is 15.9 Å². The van der Waals surface area contributed by atoms with Crippen LogP contribution in [-0.2, 0) is 0 Å². The lowest BCUT2D eigenvalue weighted by atomic mass is 10.2. The molecular weight excluding hydrogens is 282 g/mol. The van der Waals surface area contributed by atoms with Gasteiger partial charge in [-0.25, -0.2) is 4.68 Å². The van der Waals surface area contributed by atoms with Crippen LogP contribution in [0, 0.1) is 0 Å². The van der Waals surface area contributed by atoms with Gasteiger partial charge in [0.25, 0.3) is 0 Å². The van der Waals surface area contributed by atoms with Crippen molar-refractivity contribution >= 4 is 15.9 Å². The number of ether oxygens (including phenoxy) is 1. The summed E-state index contributed by atoms with van der Waals surface area (Å²) in [4.78, 5) is 0. The predicted octanol–water partition coefficient (Wildman–Crippen LogP) is 1.99. The topological polar surface area (TPSA) is 39.1 Å². The zero-order valence-electron chi connectivity index (χ0n) is 9.14. The second-order valence-corrected chi connectivity index (χ2v) is 4.91. The molecule has 5 heteroatoms. The van der Waals surface area contributed by atoms with E-state index in [0.717, 1.165) is 29.0 Å². The molecule has 1 aliphatic rings. The van der Waals surface area contributed by atoms with Crippen molar-refractivity contribution in [1.82, 2.24) is 15.1 Å². The lowest BCUT2D eigenvalue weighted by Crippen LogP contribution is -2.50. The van der Waals surface area contributed by atoms with Crippen LogP contribution in [0.25, 0.3) is 5.69 Å². The highest BCUT2D eigenvalue weighted by Gasteiger charge is 2.18. The molecule has 0 radical (unpaired) electrons. The van der Waals surface area contributed by atoms with Gasteiger partial charge in [0.05, 0.1) is 18.1 Å². The molecule has 0 unspecified atom stereocenters. The van der Waals surface area contributed by atoms with Gasteiger partial charge in [0.2, 0.25) is 0 Å². The molecule has 0 aliphatic carbocycles. The zero-order valence-corrected chi connectivity index (χ0v) is 10.7. The van der Waals surface area contributed by atoms with Gasteiger partial charge in [-0.15, -0.1) is 0 Å². The fourth-order valence-electron chi connectivity index (χ4n) is 1.64. The Balaban J connectivity index is 1.76. The standard InChI is InChI=1S/C12H12BrN3O/c13-9-1-3-10(4-2-9)16-8-12(7-15-16)17-11-5-14-6-11/h1-4,7-8,11,14H,5-6H2. The summed E-state index contributed by atoms with van der Waals surface area (Å²) >= 11 is 3.41. The molecule has 1 aromatic heterocycles. The van der Waals surface area contributed by atoms with Gasteiger partial charge in [-0.05, 0) is 24.3 Å². The van der Waals surface area contributed by atoms with E-state index >= 15 is 0 Å². The van der Waals surface area contributed by atoms with Crippen molar-refractivity contribution in [2.45, 2.75) is 6.10 Å².